The van der Waals surface area contributed by atoms with Crippen molar-refractivity contribution < 1.29 is 9.53 Å². The van der Waals surface area contributed by atoms with Crippen molar-refractivity contribution in [2.45, 2.75) is 33.1 Å². The standard InChI is InChI=1S/C23H23N5O2/c1-4-13-30-20-7-5-18(6-8-20)11-12-25-22(29)10-9-21-16(2)27-23-19(14-24)15-26-28(23)17(21)3/h1,5-8,15H,9-13H2,2-3H3,(H,25,29). The van der Waals surface area contributed by atoms with Gasteiger partial charge in [0.15, 0.2) is 5.65 Å². The van der Waals surface area contributed by atoms with Gasteiger partial charge in [-0.05, 0) is 49.9 Å². The quantitative estimate of drug-likeness (QED) is 0.586. The molecule has 0 fully saturated rings. The zero-order valence-electron chi connectivity index (χ0n) is 17.1. The van der Waals surface area contributed by atoms with Crippen LogP contribution >= 0.6 is 0 Å². The van der Waals surface area contributed by atoms with E-state index in [0.29, 0.717) is 30.6 Å². The average molecular weight is 401 g/mol. The lowest BCUT2D eigenvalue weighted by Gasteiger charge is -2.11. The molecule has 0 spiro atoms. The molecule has 1 amide bonds. The molecule has 0 radical (unpaired) electrons. The Hall–Kier alpha value is -3.84. The van der Waals surface area contributed by atoms with Crippen LogP contribution in [0.15, 0.2) is 30.5 Å². The highest BCUT2D eigenvalue weighted by atomic mass is 16.5. The third-order valence-electron chi connectivity index (χ3n) is 4.91. The number of hydrogen-bond acceptors (Lipinski definition) is 5. The molecule has 0 aliphatic heterocycles. The Bertz CT molecular complexity index is 1130. The van der Waals surface area contributed by atoms with Crippen molar-refractivity contribution in [3.63, 3.8) is 0 Å². The number of aryl methyl sites for hydroxylation is 2. The number of carbonyl (C=O) groups is 1. The molecule has 0 unspecified atom stereocenters. The molecule has 152 valence electrons. The van der Waals surface area contributed by atoms with E-state index in [1.54, 1.807) is 4.52 Å². The van der Waals surface area contributed by atoms with Gasteiger partial charge in [0.2, 0.25) is 5.91 Å². The van der Waals surface area contributed by atoms with Gasteiger partial charge in [-0.15, -0.1) is 6.42 Å². The Balaban J connectivity index is 1.51. The summed E-state index contributed by atoms with van der Waals surface area (Å²) in [5.74, 6) is 3.15. The van der Waals surface area contributed by atoms with Crippen LogP contribution in [0.5, 0.6) is 5.75 Å². The summed E-state index contributed by atoms with van der Waals surface area (Å²) in [6.07, 6.45) is 8.35. The fraction of sp³-hybridized carbons (Fsp3) is 0.304. The van der Waals surface area contributed by atoms with E-state index in [1.807, 2.05) is 38.1 Å². The third kappa shape index (κ3) is 4.76. The predicted octanol–water partition coefficient (Wildman–Crippen LogP) is 2.52. The fourth-order valence-electron chi connectivity index (χ4n) is 3.30. The summed E-state index contributed by atoms with van der Waals surface area (Å²) in [7, 11) is 0. The largest absolute Gasteiger partial charge is 0.481 e. The lowest BCUT2D eigenvalue weighted by Crippen LogP contribution is -2.26. The number of aromatic nitrogens is 3. The van der Waals surface area contributed by atoms with Crippen LogP contribution in [0.3, 0.4) is 0 Å². The highest BCUT2D eigenvalue weighted by Gasteiger charge is 2.14. The number of fused-ring (bicyclic) bond motifs is 1. The molecule has 7 heteroatoms. The summed E-state index contributed by atoms with van der Waals surface area (Å²) in [5, 5.41) is 16.3. The molecule has 1 aromatic carbocycles. The van der Waals surface area contributed by atoms with Crippen molar-refractivity contribution in [2.24, 2.45) is 0 Å². The van der Waals surface area contributed by atoms with Crippen LogP contribution in [0, 0.1) is 37.5 Å². The molecule has 2 heterocycles. The highest BCUT2D eigenvalue weighted by Crippen LogP contribution is 2.18. The number of terminal acetylenes is 1. The van der Waals surface area contributed by atoms with Crippen molar-refractivity contribution in [2.75, 3.05) is 13.2 Å². The average Bonchev–Trinajstić information content (AvgIpc) is 3.16. The van der Waals surface area contributed by atoms with Gasteiger partial charge in [0.1, 0.15) is 24.0 Å². The first-order chi connectivity index (χ1) is 14.5. The second kappa shape index (κ2) is 9.58. The van der Waals surface area contributed by atoms with E-state index in [1.165, 1.54) is 6.20 Å². The second-order valence-electron chi connectivity index (χ2n) is 6.90. The number of amides is 1. The fourth-order valence-corrected chi connectivity index (χ4v) is 3.30. The Morgan fingerprint density at radius 1 is 1.27 bits per heavy atom. The predicted molar refractivity (Wildman–Crippen MR) is 113 cm³/mol. The summed E-state index contributed by atoms with van der Waals surface area (Å²) in [5.41, 5.74) is 4.80. The molecule has 1 N–H and O–H groups in total. The molecule has 7 nitrogen and oxygen atoms in total. The van der Waals surface area contributed by atoms with Gasteiger partial charge >= 0.3 is 0 Å². The molecule has 0 saturated heterocycles. The van der Waals surface area contributed by atoms with Crippen LogP contribution in [-0.4, -0.2) is 33.7 Å². The minimum Gasteiger partial charge on any atom is -0.481 e. The normalized spacial score (nSPS) is 10.4. The zero-order valence-corrected chi connectivity index (χ0v) is 17.1. The minimum atomic E-state index is -0.0129. The van der Waals surface area contributed by atoms with E-state index in [-0.39, 0.29) is 12.5 Å². The van der Waals surface area contributed by atoms with Crippen molar-refractivity contribution in [1.82, 2.24) is 19.9 Å². The highest BCUT2D eigenvalue weighted by molar-refractivity contribution is 5.76. The van der Waals surface area contributed by atoms with Gasteiger partial charge in [-0.3, -0.25) is 4.79 Å². The second-order valence-corrected chi connectivity index (χ2v) is 6.90. The Labute approximate surface area is 175 Å². The molecule has 0 saturated carbocycles. The molecule has 0 atom stereocenters. The van der Waals surface area contributed by atoms with Crippen molar-refractivity contribution in [1.29, 1.82) is 5.26 Å². The summed E-state index contributed by atoms with van der Waals surface area (Å²) in [4.78, 5) is 16.8. The maximum absolute atomic E-state index is 12.3. The molecular weight excluding hydrogens is 378 g/mol. The smallest absolute Gasteiger partial charge is 0.220 e. The zero-order chi connectivity index (χ0) is 21.5. The summed E-state index contributed by atoms with van der Waals surface area (Å²) in [6.45, 7) is 4.63. The third-order valence-corrected chi connectivity index (χ3v) is 4.91. The van der Waals surface area contributed by atoms with Gasteiger partial charge < -0.3 is 10.1 Å². The number of benzene rings is 1. The lowest BCUT2D eigenvalue weighted by atomic mass is 10.1. The molecular formula is C23H23N5O2. The molecule has 3 rings (SSSR count). The Morgan fingerprint density at radius 2 is 2.03 bits per heavy atom. The van der Waals surface area contributed by atoms with Crippen LogP contribution < -0.4 is 10.1 Å². The van der Waals surface area contributed by atoms with Crippen LogP contribution in [-0.2, 0) is 17.6 Å². The van der Waals surface area contributed by atoms with Crippen molar-refractivity contribution >= 4 is 11.6 Å². The molecule has 2 aromatic heterocycles. The Morgan fingerprint density at radius 3 is 2.73 bits per heavy atom. The number of nitrogens with one attached hydrogen (secondary N) is 1. The van der Waals surface area contributed by atoms with Gasteiger partial charge in [0.25, 0.3) is 0 Å². The van der Waals surface area contributed by atoms with Gasteiger partial charge in [-0.1, -0.05) is 18.1 Å². The first kappa shape index (κ1) is 20.9. The van der Waals surface area contributed by atoms with E-state index in [0.717, 1.165) is 34.7 Å². The number of nitrogens with zero attached hydrogens (tertiary/aromatic N) is 4. The van der Waals surface area contributed by atoms with E-state index >= 15 is 0 Å². The van der Waals surface area contributed by atoms with E-state index in [9.17, 15) is 4.79 Å². The summed E-state index contributed by atoms with van der Waals surface area (Å²) in [6, 6.07) is 9.77. The molecule has 3 aromatic rings. The molecule has 0 bridgehead atoms. The first-order valence-electron chi connectivity index (χ1n) is 9.69. The van der Waals surface area contributed by atoms with Crippen LogP contribution in [0.25, 0.3) is 5.65 Å². The lowest BCUT2D eigenvalue weighted by molar-refractivity contribution is -0.121. The Kier molecular flexibility index (Phi) is 6.67. The summed E-state index contributed by atoms with van der Waals surface area (Å²) >= 11 is 0. The van der Waals surface area contributed by atoms with Crippen molar-refractivity contribution in [3.8, 4) is 24.2 Å². The van der Waals surface area contributed by atoms with Gasteiger partial charge in [0, 0.05) is 24.4 Å². The summed E-state index contributed by atoms with van der Waals surface area (Å²) < 4.78 is 7.01. The van der Waals surface area contributed by atoms with Crippen LogP contribution in [0.1, 0.15) is 34.5 Å². The monoisotopic (exact) mass is 401 g/mol. The van der Waals surface area contributed by atoms with E-state index in [2.05, 4.69) is 27.4 Å². The molecule has 30 heavy (non-hydrogen) atoms. The molecule has 0 aliphatic carbocycles. The van der Waals surface area contributed by atoms with Crippen molar-refractivity contribution in [3.05, 3.63) is 58.5 Å². The number of ether oxygens (including phenoxy) is 1. The number of rotatable bonds is 8. The van der Waals surface area contributed by atoms with Gasteiger partial charge in [0.05, 0.1) is 6.20 Å². The molecule has 0 aliphatic rings. The number of hydrogen-bond donors (Lipinski definition) is 1. The van der Waals surface area contributed by atoms with Gasteiger partial charge in [-0.2, -0.15) is 10.4 Å². The minimum absolute atomic E-state index is 0.0129. The van der Waals surface area contributed by atoms with Crippen LogP contribution in [0.4, 0.5) is 0 Å². The van der Waals surface area contributed by atoms with Gasteiger partial charge in [-0.25, -0.2) is 9.50 Å². The van der Waals surface area contributed by atoms with Crippen LogP contribution in [0.2, 0.25) is 0 Å². The van der Waals surface area contributed by atoms with E-state index < -0.39 is 0 Å². The first-order valence-corrected chi connectivity index (χ1v) is 9.69. The SMILES string of the molecule is C#CCOc1ccc(CCNC(=O)CCc2c(C)nc3c(C#N)cnn3c2C)cc1. The number of nitriles is 1. The maximum Gasteiger partial charge on any atom is 0.220 e. The topological polar surface area (TPSA) is 92.3 Å². The van der Waals surface area contributed by atoms with E-state index in [4.69, 9.17) is 16.4 Å². The number of carbonyl (C=O) groups excluding carboxylic acids is 1. The maximum atomic E-state index is 12.3.